The maximum absolute atomic E-state index is 12.6. The minimum absolute atomic E-state index is 0.00255. The fraction of sp³-hybridized carbons (Fsp3) is 0.526. The van der Waals surface area contributed by atoms with Gasteiger partial charge in [-0.3, -0.25) is 9.69 Å². The second-order valence-corrected chi connectivity index (χ2v) is 6.43. The summed E-state index contributed by atoms with van der Waals surface area (Å²) in [6.07, 6.45) is 3.20. The fourth-order valence-corrected chi connectivity index (χ4v) is 3.16. The highest BCUT2D eigenvalue weighted by Gasteiger charge is 2.25. The SMILES string of the molecule is C=CCc1ccc(C(=O)C(C)CN2CC(C)OC(C)C2)cc1. The second kappa shape index (κ2) is 7.70. The van der Waals surface area contributed by atoms with Gasteiger partial charge in [0.05, 0.1) is 12.2 Å². The number of nitrogens with zero attached hydrogens (tertiary/aromatic N) is 1. The van der Waals surface area contributed by atoms with Crippen LogP contribution in [0, 0.1) is 5.92 Å². The molecule has 1 saturated heterocycles. The van der Waals surface area contributed by atoms with Crippen LogP contribution in [0.15, 0.2) is 36.9 Å². The first-order valence-corrected chi connectivity index (χ1v) is 8.11. The van der Waals surface area contributed by atoms with Gasteiger partial charge in [-0.15, -0.1) is 6.58 Å². The zero-order valence-electron chi connectivity index (χ0n) is 13.9. The third-order valence-corrected chi connectivity index (χ3v) is 4.09. The summed E-state index contributed by atoms with van der Waals surface area (Å²) < 4.78 is 5.74. The van der Waals surface area contributed by atoms with Crippen LogP contribution in [0.25, 0.3) is 0 Å². The molecule has 3 nitrogen and oxygen atoms in total. The van der Waals surface area contributed by atoms with Crippen LogP contribution in [0.2, 0.25) is 0 Å². The topological polar surface area (TPSA) is 29.5 Å². The van der Waals surface area contributed by atoms with Crippen LogP contribution in [-0.4, -0.2) is 42.5 Å². The Hall–Kier alpha value is -1.45. The number of hydrogen-bond acceptors (Lipinski definition) is 3. The van der Waals surface area contributed by atoms with Crippen molar-refractivity contribution in [1.82, 2.24) is 4.90 Å². The summed E-state index contributed by atoms with van der Waals surface area (Å²) in [7, 11) is 0. The lowest BCUT2D eigenvalue weighted by molar-refractivity contribution is -0.0700. The molecule has 1 fully saturated rings. The summed E-state index contributed by atoms with van der Waals surface area (Å²) in [5.74, 6) is 0.222. The number of benzene rings is 1. The highest BCUT2D eigenvalue weighted by Crippen LogP contribution is 2.16. The quantitative estimate of drug-likeness (QED) is 0.596. The van der Waals surface area contributed by atoms with E-state index in [2.05, 4.69) is 25.3 Å². The van der Waals surface area contributed by atoms with Gasteiger partial charge in [0.1, 0.15) is 0 Å². The van der Waals surface area contributed by atoms with E-state index in [-0.39, 0.29) is 23.9 Å². The number of rotatable bonds is 6. The molecule has 2 rings (SSSR count). The predicted octanol–water partition coefficient (Wildman–Crippen LogP) is 3.34. The second-order valence-electron chi connectivity index (χ2n) is 6.43. The van der Waals surface area contributed by atoms with Crippen molar-refractivity contribution in [3.63, 3.8) is 0 Å². The predicted molar refractivity (Wildman–Crippen MR) is 90.3 cm³/mol. The first kappa shape index (κ1) is 16.9. The molecule has 1 aliphatic heterocycles. The third-order valence-electron chi connectivity index (χ3n) is 4.09. The van der Waals surface area contributed by atoms with E-state index in [9.17, 15) is 4.79 Å². The Bertz CT molecular complexity index is 499. The van der Waals surface area contributed by atoms with Crippen LogP contribution in [-0.2, 0) is 11.2 Å². The average molecular weight is 301 g/mol. The van der Waals surface area contributed by atoms with Gasteiger partial charge in [0.15, 0.2) is 5.78 Å². The zero-order valence-corrected chi connectivity index (χ0v) is 13.9. The molecular weight excluding hydrogens is 274 g/mol. The standard InChI is InChI=1S/C19H27NO2/c1-5-6-17-7-9-18(10-8-17)19(21)14(2)11-20-12-15(3)22-16(4)13-20/h5,7-10,14-16H,1,6,11-13H2,2-4H3. The molecule has 0 amide bonds. The highest BCUT2D eigenvalue weighted by molar-refractivity contribution is 5.97. The summed E-state index contributed by atoms with van der Waals surface area (Å²) in [5.41, 5.74) is 1.99. The smallest absolute Gasteiger partial charge is 0.166 e. The number of allylic oxidation sites excluding steroid dienone is 1. The molecular formula is C19H27NO2. The van der Waals surface area contributed by atoms with Gasteiger partial charge in [-0.05, 0) is 25.8 Å². The number of hydrogen-bond donors (Lipinski definition) is 0. The largest absolute Gasteiger partial charge is 0.373 e. The van der Waals surface area contributed by atoms with E-state index in [0.717, 1.165) is 31.6 Å². The minimum atomic E-state index is 0.00255. The van der Waals surface area contributed by atoms with Gasteiger partial charge >= 0.3 is 0 Å². The van der Waals surface area contributed by atoms with Crippen molar-refractivity contribution in [2.45, 2.75) is 39.4 Å². The number of Topliss-reactive ketones (excluding diaryl/α,β-unsaturated/α-hetero) is 1. The van der Waals surface area contributed by atoms with Gasteiger partial charge in [-0.25, -0.2) is 0 Å². The molecule has 1 aliphatic rings. The molecule has 0 aromatic heterocycles. The van der Waals surface area contributed by atoms with E-state index in [1.807, 2.05) is 37.3 Å². The van der Waals surface area contributed by atoms with Crippen molar-refractivity contribution in [3.8, 4) is 0 Å². The lowest BCUT2D eigenvalue weighted by Gasteiger charge is -2.36. The van der Waals surface area contributed by atoms with E-state index in [4.69, 9.17) is 4.74 Å². The van der Waals surface area contributed by atoms with Crippen molar-refractivity contribution >= 4 is 5.78 Å². The Balaban J connectivity index is 1.95. The number of morpholine rings is 1. The lowest BCUT2D eigenvalue weighted by atomic mass is 9.97. The van der Waals surface area contributed by atoms with Crippen molar-refractivity contribution in [1.29, 1.82) is 0 Å². The highest BCUT2D eigenvalue weighted by atomic mass is 16.5. The van der Waals surface area contributed by atoms with Crippen LogP contribution in [0.5, 0.6) is 0 Å². The molecule has 0 radical (unpaired) electrons. The van der Waals surface area contributed by atoms with E-state index in [0.29, 0.717) is 0 Å². The number of carbonyl (C=O) groups excluding carboxylic acids is 1. The molecule has 3 heteroatoms. The van der Waals surface area contributed by atoms with Crippen LogP contribution < -0.4 is 0 Å². The van der Waals surface area contributed by atoms with E-state index in [1.54, 1.807) is 0 Å². The van der Waals surface area contributed by atoms with Gasteiger partial charge in [0.25, 0.3) is 0 Å². The van der Waals surface area contributed by atoms with Crippen LogP contribution in [0.1, 0.15) is 36.7 Å². The van der Waals surface area contributed by atoms with Gasteiger partial charge < -0.3 is 4.74 Å². The molecule has 0 spiro atoms. The third kappa shape index (κ3) is 4.52. The van der Waals surface area contributed by atoms with Crippen LogP contribution >= 0.6 is 0 Å². The Kier molecular flexibility index (Phi) is 5.92. The summed E-state index contributed by atoms with van der Waals surface area (Å²) in [6, 6.07) is 7.89. The minimum Gasteiger partial charge on any atom is -0.373 e. The summed E-state index contributed by atoms with van der Waals surface area (Å²) in [6.45, 7) is 12.5. The van der Waals surface area contributed by atoms with Crippen molar-refractivity contribution in [3.05, 3.63) is 48.0 Å². The van der Waals surface area contributed by atoms with Gasteiger partial charge in [0.2, 0.25) is 0 Å². The first-order valence-electron chi connectivity index (χ1n) is 8.11. The molecule has 0 N–H and O–H groups in total. The summed E-state index contributed by atoms with van der Waals surface area (Å²) in [4.78, 5) is 14.9. The first-order chi connectivity index (χ1) is 10.5. The van der Waals surface area contributed by atoms with E-state index >= 15 is 0 Å². The molecule has 3 atom stereocenters. The number of ketones is 1. The van der Waals surface area contributed by atoms with E-state index < -0.39 is 0 Å². The average Bonchev–Trinajstić information content (AvgIpc) is 2.46. The maximum atomic E-state index is 12.6. The Morgan fingerprint density at radius 3 is 2.45 bits per heavy atom. The summed E-state index contributed by atoms with van der Waals surface area (Å²) >= 11 is 0. The molecule has 3 unspecified atom stereocenters. The monoisotopic (exact) mass is 301 g/mol. The molecule has 0 saturated carbocycles. The van der Waals surface area contributed by atoms with E-state index in [1.165, 1.54) is 5.56 Å². The Labute approximate surface area is 134 Å². The zero-order chi connectivity index (χ0) is 16.1. The molecule has 1 aromatic rings. The Morgan fingerprint density at radius 1 is 1.32 bits per heavy atom. The Morgan fingerprint density at radius 2 is 1.91 bits per heavy atom. The summed E-state index contributed by atoms with van der Waals surface area (Å²) in [5, 5.41) is 0. The molecule has 0 aliphatic carbocycles. The van der Waals surface area contributed by atoms with Crippen molar-refractivity contribution in [2.24, 2.45) is 5.92 Å². The van der Waals surface area contributed by atoms with Gasteiger partial charge in [-0.2, -0.15) is 0 Å². The molecule has 1 heterocycles. The molecule has 120 valence electrons. The van der Waals surface area contributed by atoms with Crippen LogP contribution in [0.3, 0.4) is 0 Å². The molecule has 22 heavy (non-hydrogen) atoms. The lowest BCUT2D eigenvalue weighted by Crippen LogP contribution is -2.47. The molecule has 0 bridgehead atoms. The van der Waals surface area contributed by atoms with Crippen molar-refractivity contribution < 1.29 is 9.53 Å². The van der Waals surface area contributed by atoms with Gasteiger partial charge in [0, 0.05) is 31.1 Å². The number of carbonyl (C=O) groups is 1. The normalized spacial score (nSPS) is 24.0. The van der Waals surface area contributed by atoms with Gasteiger partial charge in [-0.1, -0.05) is 37.3 Å². The number of ether oxygens (including phenoxy) is 1. The fourth-order valence-electron chi connectivity index (χ4n) is 3.16. The maximum Gasteiger partial charge on any atom is 0.166 e. The molecule has 1 aromatic carbocycles. The van der Waals surface area contributed by atoms with Crippen LogP contribution in [0.4, 0.5) is 0 Å². The van der Waals surface area contributed by atoms with Crippen molar-refractivity contribution in [2.75, 3.05) is 19.6 Å².